The van der Waals surface area contributed by atoms with Crippen LogP contribution < -0.4 is 11.5 Å². The summed E-state index contributed by atoms with van der Waals surface area (Å²) >= 11 is 0. The highest BCUT2D eigenvalue weighted by atomic mass is 16.3. The van der Waals surface area contributed by atoms with Crippen molar-refractivity contribution in [2.45, 2.75) is 13.0 Å². The quantitative estimate of drug-likeness (QED) is 0.577. The molecule has 0 saturated heterocycles. The first kappa shape index (κ1) is 8.96. The summed E-state index contributed by atoms with van der Waals surface area (Å²) in [5.74, 6) is 0.391. The molecule has 4 nitrogen and oxygen atoms in total. The molecule has 66 valence electrons. The Morgan fingerprint density at radius 1 is 1.67 bits per heavy atom. The van der Waals surface area contributed by atoms with Crippen molar-refractivity contribution < 1.29 is 5.11 Å². The van der Waals surface area contributed by atoms with Crippen LogP contribution in [0.1, 0.15) is 17.2 Å². The van der Waals surface area contributed by atoms with Gasteiger partial charge in [0.2, 0.25) is 0 Å². The number of pyridine rings is 1. The summed E-state index contributed by atoms with van der Waals surface area (Å²) in [6.45, 7) is 1.79. The van der Waals surface area contributed by atoms with Gasteiger partial charge in [0.15, 0.2) is 0 Å². The molecule has 5 N–H and O–H groups in total. The molecule has 0 saturated carbocycles. The van der Waals surface area contributed by atoms with Crippen molar-refractivity contribution in [1.82, 2.24) is 4.98 Å². The number of aliphatic hydroxyl groups is 1. The molecular weight excluding hydrogens is 154 g/mol. The first-order chi connectivity index (χ1) is 5.65. The van der Waals surface area contributed by atoms with Crippen LogP contribution in [0.2, 0.25) is 0 Å². The molecule has 0 aliphatic carbocycles. The predicted octanol–water partition coefficient (Wildman–Crippen LogP) is -0.0357. The number of nitrogen functional groups attached to an aromatic ring is 1. The summed E-state index contributed by atoms with van der Waals surface area (Å²) < 4.78 is 0. The van der Waals surface area contributed by atoms with Gasteiger partial charge in [-0.3, -0.25) is 0 Å². The molecule has 1 aromatic heterocycles. The lowest BCUT2D eigenvalue weighted by molar-refractivity contribution is 0.268. The highest BCUT2D eigenvalue weighted by Crippen LogP contribution is 2.16. The van der Waals surface area contributed by atoms with Gasteiger partial charge in [0.05, 0.1) is 12.6 Å². The van der Waals surface area contributed by atoms with Crippen molar-refractivity contribution in [1.29, 1.82) is 0 Å². The summed E-state index contributed by atoms with van der Waals surface area (Å²) in [7, 11) is 0. The lowest BCUT2D eigenvalue weighted by Gasteiger charge is -2.10. The molecule has 0 bridgehead atoms. The van der Waals surface area contributed by atoms with E-state index in [1.54, 1.807) is 6.20 Å². The Kier molecular flexibility index (Phi) is 2.62. The molecule has 1 rings (SSSR count). The van der Waals surface area contributed by atoms with Crippen LogP contribution in [0.4, 0.5) is 5.82 Å². The molecule has 0 spiro atoms. The van der Waals surface area contributed by atoms with Crippen molar-refractivity contribution in [3.05, 3.63) is 23.4 Å². The van der Waals surface area contributed by atoms with E-state index in [2.05, 4.69) is 4.98 Å². The fraction of sp³-hybridized carbons (Fsp3) is 0.375. The number of aryl methyl sites for hydroxylation is 1. The number of nitrogens with two attached hydrogens (primary N) is 2. The van der Waals surface area contributed by atoms with Crippen LogP contribution >= 0.6 is 0 Å². The topological polar surface area (TPSA) is 85.2 Å². The molecule has 1 heterocycles. The minimum Gasteiger partial charge on any atom is -0.394 e. The van der Waals surface area contributed by atoms with Gasteiger partial charge in [0.1, 0.15) is 5.82 Å². The maximum atomic E-state index is 8.80. The zero-order valence-corrected chi connectivity index (χ0v) is 6.99. The first-order valence-corrected chi connectivity index (χ1v) is 3.73. The number of hydrogen-bond acceptors (Lipinski definition) is 4. The third-order valence-corrected chi connectivity index (χ3v) is 1.68. The van der Waals surface area contributed by atoms with Crippen LogP contribution in [0.3, 0.4) is 0 Å². The average molecular weight is 167 g/mol. The van der Waals surface area contributed by atoms with Crippen LogP contribution in [-0.4, -0.2) is 16.7 Å². The normalized spacial score (nSPS) is 12.9. The van der Waals surface area contributed by atoms with E-state index in [4.69, 9.17) is 16.6 Å². The summed E-state index contributed by atoms with van der Waals surface area (Å²) in [6, 6.07) is 1.40. The molecule has 0 radical (unpaired) electrons. The molecule has 0 amide bonds. The minimum atomic E-state index is -0.433. The number of hydrogen-bond donors (Lipinski definition) is 3. The van der Waals surface area contributed by atoms with Gasteiger partial charge in [-0.15, -0.1) is 0 Å². The Hall–Kier alpha value is -1.13. The van der Waals surface area contributed by atoms with Gasteiger partial charge in [-0.25, -0.2) is 4.98 Å². The second kappa shape index (κ2) is 3.51. The molecular formula is C8H13N3O. The molecule has 12 heavy (non-hydrogen) atoms. The van der Waals surface area contributed by atoms with Gasteiger partial charge in [0, 0.05) is 11.8 Å². The van der Waals surface area contributed by atoms with E-state index in [0.717, 1.165) is 5.56 Å². The molecule has 1 aromatic rings. The third-order valence-electron chi connectivity index (χ3n) is 1.68. The van der Waals surface area contributed by atoms with Crippen molar-refractivity contribution in [2.24, 2.45) is 5.73 Å². The zero-order valence-electron chi connectivity index (χ0n) is 6.99. The van der Waals surface area contributed by atoms with E-state index < -0.39 is 6.04 Å². The lowest BCUT2D eigenvalue weighted by Crippen LogP contribution is -2.17. The van der Waals surface area contributed by atoms with E-state index in [1.807, 2.05) is 13.0 Å². The van der Waals surface area contributed by atoms with E-state index >= 15 is 0 Å². The number of anilines is 1. The largest absolute Gasteiger partial charge is 0.394 e. The van der Waals surface area contributed by atoms with Crippen LogP contribution in [0, 0.1) is 6.92 Å². The maximum absolute atomic E-state index is 8.80. The standard InChI is InChI=1S/C8H13N3O/c1-5-2-6(7(9)4-12)8(10)11-3-5/h2-3,7,12H,4,9H2,1H3,(H2,10,11)/t7-/m1/s1. The predicted molar refractivity (Wildman–Crippen MR) is 47.4 cm³/mol. The first-order valence-electron chi connectivity index (χ1n) is 3.73. The minimum absolute atomic E-state index is 0.116. The SMILES string of the molecule is Cc1cnc(N)c([C@H](N)CO)c1. The summed E-state index contributed by atoms with van der Waals surface area (Å²) in [4.78, 5) is 3.93. The molecule has 0 aliphatic rings. The van der Waals surface area contributed by atoms with Gasteiger partial charge >= 0.3 is 0 Å². The second-order valence-corrected chi connectivity index (χ2v) is 2.78. The van der Waals surface area contributed by atoms with Gasteiger partial charge in [-0.1, -0.05) is 0 Å². The number of rotatable bonds is 2. The molecule has 4 heteroatoms. The van der Waals surface area contributed by atoms with Crippen molar-refractivity contribution in [3.8, 4) is 0 Å². The molecule has 0 unspecified atom stereocenters. The monoisotopic (exact) mass is 167 g/mol. The summed E-state index contributed by atoms with van der Waals surface area (Å²) in [6.07, 6.45) is 1.67. The third kappa shape index (κ3) is 1.72. The van der Waals surface area contributed by atoms with Crippen molar-refractivity contribution in [3.63, 3.8) is 0 Å². The van der Waals surface area contributed by atoms with Crippen LogP contribution in [0.25, 0.3) is 0 Å². The highest BCUT2D eigenvalue weighted by molar-refractivity contribution is 5.42. The second-order valence-electron chi connectivity index (χ2n) is 2.78. The number of aromatic nitrogens is 1. The maximum Gasteiger partial charge on any atom is 0.128 e. The number of nitrogens with zero attached hydrogens (tertiary/aromatic N) is 1. The molecule has 0 aromatic carbocycles. The van der Waals surface area contributed by atoms with Crippen LogP contribution in [0.5, 0.6) is 0 Å². The van der Waals surface area contributed by atoms with Gasteiger partial charge in [-0.2, -0.15) is 0 Å². The Bertz CT molecular complexity index is 275. The lowest BCUT2D eigenvalue weighted by atomic mass is 10.1. The Morgan fingerprint density at radius 2 is 2.33 bits per heavy atom. The van der Waals surface area contributed by atoms with E-state index in [1.165, 1.54) is 0 Å². The Morgan fingerprint density at radius 3 is 2.92 bits per heavy atom. The van der Waals surface area contributed by atoms with Gasteiger partial charge in [0.25, 0.3) is 0 Å². The van der Waals surface area contributed by atoms with Crippen LogP contribution in [0.15, 0.2) is 12.3 Å². The Balaban J connectivity index is 3.04. The van der Waals surface area contributed by atoms with Gasteiger partial charge < -0.3 is 16.6 Å². The van der Waals surface area contributed by atoms with Crippen molar-refractivity contribution >= 4 is 5.82 Å². The van der Waals surface area contributed by atoms with E-state index in [-0.39, 0.29) is 6.61 Å². The molecule has 0 fully saturated rings. The van der Waals surface area contributed by atoms with E-state index in [0.29, 0.717) is 11.4 Å². The Labute approximate surface area is 71.2 Å². The van der Waals surface area contributed by atoms with Crippen LogP contribution in [-0.2, 0) is 0 Å². The van der Waals surface area contributed by atoms with Crippen molar-refractivity contribution in [2.75, 3.05) is 12.3 Å². The zero-order chi connectivity index (χ0) is 9.14. The molecule has 1 atom stereocenters. The van der Waals surface area contributed by atoms with E-state index in [9.17, 15) is 0 Å². The smallest absolute Gasteiger partial charge is 0.128 e. The number of aliphatic hydroxyl groups excluding tert-OH is 1. The molecule has 0 aliphatic heterocycles. The fourth-order valence-electron chi connectivity index (χ4n) is 0.998. The summed E-state index contributed by atoms with van der Waals surface area (Å²) in [5, 5.41) is 8.80. The highest BCUT2D eigenvalue weighted by Gasteiger charge is 2.08. The summed E-state index contributed by atoms with van der Waals surface area (Å²) in [5.41, 5.74) is 12.9. The average Bonchev–Trinajstić information content (AvgIpc) is 2.08. The fourth-order valence-corrected chi connectivity index (χ4v) is 0.998. The van der Waals surface area contributed by atoms with Gasteiger partial charge in [-0.05, 0) is 18.6 Å².